The van der Waals surface area contributed by atoms with Gasteiger partial charge in [-0.2, -0.15) is 0 Å². The Balaban J connectivity index is 0.00000288. The Labute approximate surface area is 151 Å². The van der Waals surface area contributed by atoms with E-state index in [-0.39, 0.29) is 42.3 Å². The Hall–Kier alpha value is -1.01. The van der Waals surface area contributed by atoms with E-state index in [0.29, 0.717) is 19.0 Å². The zero-order chi connectivity index (χ0) is 16.8. The standard InChI is InChI=1S/C17H32N4O2.ClH/c1-12(2)10-19-17(23)21-9-3-4-13(11-21)16(22)20-15-7-5-14(18)6-8-15;/h12-15H,3-11,18H2,1-2H3,(H,19,23)(H,20,22);1H. The second-order valence-electron chi connectivity index (χ2n) is 7.49. The van der Waals surface area contributed by atoms with E-state index in [0.717, 1.165) is 45.1 Å². The molecule has 2 rings (SSSR count). The summed E-state index contributed by atoms with van der Waals surface area (Å²) in [5.74, 6) is 0.455. The number of amides is 3. The molecule has 0 bridgehead atoms. The number of nitrogens with zero attached hydrogens (tertiary/aromatic N) is 1. The summed E-state index contributed by atoms with van der Waals surface area (Å²) < 4.78 is 0. The minimum absolute atomic E-state index is 0. The van der Waals surface area contributed by atoms with Crippen LogP contribution in [0.3, 0.4) is 0 Å². The van der Waals surface area contributed by atoms with Crippen LogP contribution < -0.4 is 16.4 Å². The van der Waals surface area contributed by atoms with Crippen molar-refractivity contribution in [2.75, 3.05) is 19.6 Å². The van der Waals surface area contributed by atoms with E-state index in [1.165, 1.54) is 0 Å². The number of hydrogen-bond acceptors (Lipinski definition) is 3. The molecule has 0 aromatic carbocycles. The Bertz CT molecular complexity index is 411. The van der Waals surface area contributed by atoms with Crippen molar-refractivity contribution in [3.05, 3.63) is 0 Å². The SMILES string of the molecule is CC(C)CNC(=O)N1CCCC(C(=O)NC2CCC(N)CC2)C1.Cl. The Morgan fingerprint density at radius 2 is 1.83 bits per heavy atom. The van der Waals surface area contributed by atoms with Crippen LogP contribution in [0.25, 0.3) is 0 Å². The van der Waals surface area contributed by atoms with Crippen LogP contribution in [0, 0.1) is 11.8 Å². The van der Waals surface area contributed by atoms with Crippen LogP contribution in [0.5, 0.6) is 0 Å². The van der Waals surface area contributed by atoms with Gasteiger partial charge in [-0.15, -0.1) is 12.4 Å². The first kappa shape index (κ1) is 21.0. The molecular weight excluding hydrogens is 328 g/mol. The van der Waals surface area contributed by atoms with E-state index in [1.54, 1.807) is 4.90 Å². The lowest BCUT2D eigenvalue weighted by Gasteiger charge is -2.34. The summed E-state index contributed by atoms with van der Waals surface area (Å²) in [6.07, 6.45) is 5.67. The number of likely N-dealkylation sites (tertiary alicyclic amines) is 1. The molecule has 4 N–H and O–H groups in total. The quantitative estimate of drug-likeness (QED) is 0.715. The minimum atomic E-state index is -0.0795. The number of piperidine rings is 1. The van der Waals surface area contributed by atoms with Gasteiger partial charge in [0.2, 0.25) is 5.91 Å². The fourth-order valence-electron chi connectivity index (χ4n) is 3.36. The summed E-state index contributed by atoms with van der Waals surface area (Å²) in [6.45, 7) is 6.09. The zero-order valence-corrected chi connectivity index (χ0v) is 15.7. The molecule has 1 saturated carbocycles. The molecule has 1 aliphatic heterocycles. The molecule has 7 heteroatoms. The Kier molecular flexibility index (Phi) is 8.84. The Morgan fingerprint density at radius 3 is 2.46 bits per heavy atom. The number of carbonyl (C=O) groups is 2. The van der Waals surface area contributed by atoms with Crippen molar-refractivity contribution in [1.82, 2.24) is 15.5 Å². The minimum Gasteiger partial charge on any atom is -0.353 e. The highest BCUT2D eigenvalue weighted by atomic mass is 35.5. The lowest BCUT2D eigenvalue weighted by Crippen LogP contribution is -2.51. The number of hydrogen-bond donors (Lipinski definition) is 3. The van der Waals surface area contributed by atoms with Gasteiger partial charge >= 0.3 is 6.03 Å². The van der Waals surface area contributed by atoms with Gasteiger partial charge in [0.25, 0.3) is 0 Å². The molecule has 0 spiro atoms. The lowest BCUT2D eigenvalue weighted by atomic mass is 9.90. The maximum atomic E-state index is 12.5. The molecule has 1 heterocycles. The zero-order valence-electron chi connectivity index (χ0n) is 14.9. The van der Waals surface area contributed by atoms with Crippen molar-refractivity contribution < 1.29 is 9.59 Å². The average molecular weight is 361 g/mol. The molecule has 0 aromatic heterocycles. The molecule has 1 aliphatic carbocycles. The van der Waals surface area contributed by atoms with Crippen molar-refractivity contribution in [3.8, 4) is 0 Å². The van der Waals surface area contributed by atoms with Gasteiger partial charge in [-0.25, -0.2) is 4.79 Å². The van der Waals surface area contributed by atoms with Crippen LogP contribution in [-0.4, -0.2) is 48.6 Å². The highest BCUT2D eigenvalue weighted by molar-refractivity contribution is 5.85. The fourth-order valence-corrected chi connectivity index (χ4v) is 3.36. The van der Waals surface area contributed by atoms with Gasteiger partial charge in [0.05, 0.1) is 5.92 Å². The highest BCUT2D eigenvalue weighted by Gasteiger charge is 2.30. The molecule has 1 saturated heterocycles. The summed E-state index contributed by atoms with van der Waals surface area (Å²) in [5.41, 5.74) is 5.91. The van der Waals surface area contributed by atoms with Crippen molar-refractivity contribution in [1.29, 1.82) is 0 Å². The van der Waals surface area contributed by atoms with Gasteiger partial charge in [-0.1, -0.05) is 13.8 Å². The number of carbonyl (C=O) groups excluding carboxylic acids is 2. The summed E-state index contributed by atoms with van der Waals surface area (Å²) in [5, 5.41) is 6.10. The predicted molar refractivity (Wildman–Crippen MR) is 98.2 cm³/mol. The van der Waals surface area contributed by atoms with Crippen molar-refractivity contribution in [2.24, 2.45) is 17.6 Å². The van der Waals surface area contributed by atoms with E-state index in [4.69, 9.17) is 5.73 Å². The normalized spacial score (nSPS) is 27.3. The molecule has 140 valence electrons. The van der Waals surface area contributed by atoms with Crippen LogP contribution >= 0.6 is 12.4 Å². The van der Waals surface area contributed by atoms with Gasteiger partial charge in [0, 0.05) is 31.7 Å². The number of halogens is 1. The van der Waals surface area contributed by atoms with E-state index in [2.05, 4.69) is 24.5 Å². The maximum absolute atomic E-state index is 12.5. The van der Waals surface area contributed by atoms with Gasteiger partial charge < -0.3 is 21.3 Å². The van der Waals surface area contributed by atoms with Crippen LogP contribution in [0.2, 0.25) is 0 Å². The highest BCUT2D eigenvalue weighted by Crippen LogP contribution is 2.20. The summed E-state index contributed by atoms with van der Waals surface area (Å²) in [4.78, 5) is 26.4. The lowest BCUT2D eigenvalue weighted by molar-refractivity contribution is -0.127. The number of nitrogens with two attached hydrogens (primary N) is 1. The van der Waals surface area contributed by atoms with Crippen LogP contribution in [-0.2, 0) is 4.79 Å². The van der Waals surface area contributed by atoms with Gasteiger partial charge in [-0.3, -0.25) is 4.79 Å². The first-order valence-corrected chi connectivity index (χ1v) is 9.04. The molecule has 3 amide bonds. The summed E-state index contributed by atoms with van der Waals surface area (Å²) >= 11 is 0. The number of nitrogens with one attached hydrogen (secondary N) is 2. The van der Waals surface area contributed by atoms with Crippen LogP contribution in [0.1, 0.15) is 52.4 Å². The average Bonchev–Trinajstić information content (AvgIpc) is 2.54. The first-order chi connectivity index (χ1) is 11.0. The van der Waals surface area contributed by atoms with E-state index in [9.17, 15) is 9.59 Å². The molecule has 0 aromatic rings. The van der Waals surface area contributed by atoms with Crippen LogP contribution in [0.15, 0.2) is 0 Å². The number of rotatable bonds is 4. The van der Waals surface area contributed by atoms with Crippen LogP contribution in [0.4, 0.5) is 4.79 Å². The molecule has 6 nitrogen and oxygen atoms in total. The van der Waals surface area contributed by atoms with Gasteiger partial charge in [0.15, 0.2) is 0 Å². The van der Waals surface area contributed by atoms with Crippen molar-refractivity contribution >= 4 is 24.3 Å². The van der Waals surface area contributed by atoms with Gasteiger partial charge in [0.1, 0.15) is 0 Å². The molecule has 1 atom stereocenters. The molecule has 2 fully saturated rings. The first-order valence-electron chi connectivity index (χ1n) is 9.04. The van der Waals surface area contributed by atoms with E-state index >= 15 is 0 Å². The third-order valence-corrected chi connectivity index (χ3v) is 4.86. The maximum Gasteiger partial charge on any atom is 0.317 e. The summed E-state index contributed by atoms with van der Waals surface area (Å²) in [6, 6.07) is 0.505. The topological polar surface area (TPSA) is 87.5 Å². The summed E-state index contributed by atoms with van der Waals surface area (Å²) in [7, 11) is 0. The van der Waals surface area contributed by atoms with Crippen molar-refractivity contribution in [3.63, 3.8) is 0 Å². The van der Waals surface area contributed by atoms with Gasteiger partial charge in [-0.05, 0) is 44.4 Å². The smallest absolute Gasteiger partial charge is 0.317 e. The molecule has 1 unspecified atom stereocenters. The molecule has 24 heavy (non-hydrogen) atoms. The third-order valence-electron chi connectivity index (χ3n) is 4.86. The predicted octanol–water partition coefficient (Wildman–Crippen LogP) is 1.87. The molecular formula is C17H33ClN4O2. The molecule has 2 aliphatic rings. The van der Waals surface area contributed by atoms with Crippen molar-refractivity contribution in [2.45, 2.75) is 64.5 Å². The third kappa shape index (κ3) is 6.48. The molecule has 0 radical (unpaired) electrons. The monoisotopic (exact) mass is 360 g/mol. The fraction of sp³-hybridized carbons (Fsp3) is 0.882. The number of urea groups is 1. The second-order valence-corrected chi connectivity index (χ2v) is 7.49. The largest absolute Gasteiger partial charge is 0.353 e. The Morgan fingerprint density at radius 1 is 1.17 bits per heavy atom. The van der Waals surface area contributed by atoms with E-state index < -0.39 is 0 Å². The van der Waals surface area contributed by atoms with E-state index in [1.807, 2.05) is 0 Å². The second kappa shape index (κ2) is 10.1.